The van der Waals surface area contributed by atoms with E-state index in [-0.39, 0.29) is 11.3 Å². The van der Waals surface area contributed by atoms with Crippen LogP contribution in [0.4, 0.5) is 5.69 Å². The molecule has 1 aliphatic rings. The Kier molecular flexibility index (Phi) is 7.19. The van der Waals surface area contributed by atoms with Crippen LogP contribution in [0, 0.1) is 6.92 Å². The number of hydrogen-bond acceptors (Lipinski definition) is 5. The highest BCUT2D eigenvalue weighted by Crippen LogP contribution is 2.44. The molecule has 5 aromatic rings. The fourth-order valence-corrected chi connectivity index (χ4v) is 5.47. The molecule has 42 heavy (non-hydrogen) atoms. The van der Waals surface area contributed by atoms with Crippen molar-refractivity contribution in [2.75, 3.05) is 12.0 Å². The van der Waals surface area contributed by atoms with Gasteiger partial charge in [-0.25, -0.2) is 0 Å². The number of fused-ring (bicyclic) bond motifs is 1. The van der Waals surface area contributed by atoms with E-state index in [1.807, 2.05) is 79.7 Å². The monoisotopic (exact) mass is 555 g/mol. The average molecular weight is 556 g/mol. The van der Waals surface area contributed by atoms with E-state index in [2.05, 4.69) is 0 Å². The van der Waals surface area contributed by atoms with E-state index in [1.165, 1.54) is 4.90 Å². The molecule has 208 valence electrons. The first-order valence-electron chi connectivity index (χ1n) is 13.7. The number of anilines is 1. The first-order valence-corrected chi connectivity index (χ1v) is 13.7. The fraction of sp³-hybridized carbons (Fsp3) is 0.111. The van der Waals surface area contributed by atoms with Gasteiger partial charge in [0.2, 0.25) is 0 Å². The lowest BCUT2D eigenvalue weighted by Crippen LogP contribution is -2.29. The number of carbonyl (C=O) groups excluding carboxylic acids is 2. The van der Waals surface area contributed by atoms with Gasteiger partial charge in [-0.05, 0) is 76.9 Å². The molecule has 1 atom stereocenters. The van der Waals surface area contributed by atoms with Crippen LogP contribution in [0.25, 0.3) is 16.5 Å². The smallest absolute Gasteiger partial charge is 0.300 e. The van der Waals surface area contributed by atoms with E-state index >= 15 is 0 Å². The van der Waals surface area contributed by atoms with Crippen LogP contribution in [-0.2, 0) is 16.2 Å². The highest BCUT2D eigenvalue weighted by atomic mass is 16.5. The van der Waals surface area contributed by atoms with Crippen LogP contribution in [-0.4, -0.2) is 23.9 Å². The first-order chi connectivity index (χ1) is 20.5. The molecule has 0 bridgehead atoms. The molecule has 1 heterocycles. The summed E-state index contributed by atoms with van der Waals surface area (Å²) in [4.78, 5) is 28.8. The highest BCUT2D eigenvalue weighted by Gasteiger charge is 2.47. The Bertz CT molecular complexity index is 1820. The Morgan fingerprint density at radius 1 is 0.833 bits per heavy atom. The Hall–Kier alpha value is -5.36. The van der Waals surface area contributed by atoms with Crippen molar-refractivity contribution in [3.05, 3.63) is 143 Å². The maximum absolute atomic E-state index is 13.7. The molecular formula is C36H29NO5. The van der Waals surface area contributed by atoms with Crippen LogP contribution in [0.3, 0.4) is 0 Å². The number of rotatable bonds is 7. The minimum Gasteiger partial charge on any atom is -0.507 e. The number of amides is 1. The largest absolute Gasteiger partial charge is 0.507 e. The molecule has 0 aromatic heterocycles. The van der Waals surface area contributed by atoms with Gasteiger partial charge < -0.3 is 14.6 Å². The van der Waals surface area contributed by atoms with Gasteiger partial charge in [-0.1, -0.05) is 72.8 Å². The normalized spacial score (nSPS) is 16.1. The van der Waals surface area contributed by atoms with E-state index < -0.39 is 17.7 Å². The number of aryl methyl sites for hydroxylation is 1. The molecular weight excluding hydrogens is 526 g/mol. The van der Waals surface area contributed by atoms with E-state index in [0.717, 1.165) is 27.5 Å². The summed E-state index contributed by atoms with van der Waals surface area (Å²) < 4.78 is 11.3. The minimum atomic E-state index is -0.848. The standard InChI is InChI=1S/C36H29NO5/c1-23-21-26(15-20-31(23)42-22-24-9-4-3-5-10-24)34(38)32-33(30-14-8-12-25-11-6-7-13-29(25)30)37(36(40)35(32)39)27-16-18-28(41-2)19-17-27/h3-21,33,38H,22H2,1-2H3/b34-32-. The number of Topliss-reactive ketones (excluding diaryl/α,β-unsaturated/α-hetero) is 1. The second kappa shape index (κ2) is 11.3. The van der Waals surface area contributed by atoms with Crippen molar-refractivity contribution in [1.29, 1.82) is 0 Å². The minimum absolute atomic E-state index is 0.0320. The zero-order valence-corrected chi connectivity index (χ0v) is 23.3. The lowest BCUT2D eigenvalue weighted by Gasteiger charge is -2.26. The molecule has 0 radical (unpaired) electrons. The Morgan fingerprint density at radius 3 is 2.29 bits per heavy atom. The van der Waals surface area contributed by atoms with Crippen molar-refractivity contribution >= 4 is 33.9 Å². The Balaban J connectivity index is 1.46. The molecule has 1 amide bonds. The number of aliphatic hydroxyl groups excluding tert-OH is 1. The number of ketones is 1. The van der Waals surface area contributed by atoms with Gasteiger partial charge >= 0.3 is 0 Å². The summed E-state index contributed by atoms with van der Waals surface area (Å²) in [5.41, 5.74) is 3.56. The second-order valence-electron chi connectivity index (χ2n) is 10.2. The molecule has 1 fully saturated rings. The summed E-state index contributed by atoms with van der Waals surface area (Å²) in [5.74, 6) is -0.399. The SMILES string of the molecule is COc1ccc(N2C(=O)C(=O)/C(=C(\O)c3ccc(OCc4ccccc4)c(C)c3)C2c2cccc3ccccc23)cc1. The first kappa shape index (κ1) is 26.8. The summed E-state index contributed by atoms with van der Waals surface area (Å²) in [6, 6.07) is 34.8. The lowest BCUT2D eigenvalue weighted by atomic mass is 9.91. The topological polar surface area (TPSA) is 76.1 Å². The maximum atomic E-state index is 13.7. The van der Waals surface area contributed by atoms with Gasteiger partial charge in [0.15, 0.2) is 0 Å². The molecule has 5 aromatic carbocycles. The summed E-state index contributed by atoms with van der Waals surface area (Å²) in [6.45, 7) is 2.29. The van der Waals surface area contributed by atoms with Gasteiger partial charge in [0.05, 0.1) is 18.7 Å². The van der Waals surface area contributed by atoms with Crippen molar-refractivity contribution in [3.63, 3.8) is 0 Å². The third kappa shape index (κ3) is 4.88. The average Bonchev–Trinajstić information content (AvgIpc) is 3.29. The third-order valence-corrected chi connectivity index (χ3v) is 7.60. The van der Waals surface area contributed by atoms with Crippen LogP contribution in [0.15, 0.2) is 121 Å². The van der Waals surface area contributed by atoms with E-state index in [9.17, 15) is 14.7 Å². The number of hydrogen-bond donors (Lipinski definition) is 1. The second-order valence-corrected chi connectivity index (χ2v) is 10.2. The number of benzene rings is 5. The zero-order valence-electron chi connectivity index (χ0n) is 23.3. The Morgan fingerprint density at radius 2 is 1.55 bits per heavy atom. The lowest BCUT2D eigenvalue weighted by molar-refractivity contribution is -0.132. The predicted molar refractivity (Wildman–Crippen MR) is 164 cm³/mol. The number of aliphatic hydroxyl groups is 1. The summed E-state index contributed by atoms with van der Waals surface area (Å²) in [6.07, 6.45) is 0. The zero-order chi connectivity index (χ0) is 29.2. The fourth-order valence-electron chi connectivity index (χ4n) is 5.47. The van der Waals surface area contributed by atoms with Crippen molar-refractivity contribution in [2.24, 2.45) is 0 Å². The molecule has 0 aliphatic carbocycles. The number of ether oxygens (including phenoxy) is 2. The van der Waals surface area contributed by atoms with Gasteiger partial charge in [-0.2, -0.15) is 0 Å². The van der Waals surface area contributed by atoms with E-state index in [0.29, 0.717) is 29.4 Å². The molecule has 0 spiro atoms. The molecule has 6 heteroatoms. The summed E-state index contributed by atoms with van der Waals surface area (Å²) in [5, 5.41) is 13.6. The molecule has 1 N–H and O–H groups in total. The maximum Gasteiger partial charge on any atom is 0.300 e. The van der Waals surface area contributed by atoms with Crippen LogP contribution < -0.4 is 14.4 Å². The Labute approximate surface area is 244 Å². The van der Waals surface area contributed by atoms with Gasteiger partial charge in [-0.3, -0.25) is 14.5 Å². The number of methoxy groups -OCH3 is 1. The van der Waals surface area contributed by atoms with Crippen molar-refractivity contribution in [3.8, 4) is 11.5 Å². The number of nitrogens with zero attached hydrogens (tertiary/aromatic N) is 1. The number of carbonyl (C=O) groups is 2. The van der Waals surface area contributed by atoms with Crippen molar-refractivity contribution in [1.82, 2.24) is 0 Å². The van der Waals surface area contributed by atoms with Gasteiger partial charge in [-0.15, -0.1) is 0 Å². The van der Waals surface area contributed by atoms with Gasteiger partial charge in [0.1, 0.15) is 23.9 Å². The predicted octanol–water partition coefficient (Wildman–Crippen LogP) is 7.36. The molecule has 6 nitrogen and oxygen atoms in total. The van der Waals surface area contributed by atoms with Crippen LogP contribution in [0.2, 0.25) is 0 Å². The molecule has 1 unspecified atom stereocenters. The molecule has 0 saturated carbocycles. The van der Waals surface area contributed by atoms with Crippen molar-refractivity contribution in [2.45, 2.75) is 19.6 Å². The highest BCUT2D eigenvalue weighted by molar-refractivity contribution is 6.51. The molecule has 1 saturated heterocycles. The van der Waals surface area contributed by atoms with Crippen molar-refractivity contribution < 1.29 is 24.2 Å². The molecule has 1 aliphatic heterocycles. The quantitative estimate of drug-likeness (QED) is 0.129. The third-order valence-electron chi connectivity index (χ3n) is 7.60. The summed E-state index contributed by atoms with van der Waals surface area (Å²) >= 11 is 0. The molecule has 6 rings (SSSR count). The van der Waals surface area contributed by atoms with E-state index in [1.54, 1.807) is 49.6 Å². The van der Waals surface area contributed by atoms with Gasteiger partial charge in [0, 0.05) is 11.3 Å². The van der Waals surface area contributed by atoms with Gasteiger partial charge in [0.25, 0.3) is 11.7 Å². The van der Waals surface area contributed by atoms with Crippen LogP contribution >= 0.6 is 0 Å². The van der Waals surface area contributed by atoms with E-state index in [4.69, 9.17) is 9.47 Å². The van der Waals surface area contributed by atoms with Crippen LogP contribution in [0.1, 0.15) is 28.3 Å². The van der Waals surface area contributed by atoms with Crippen LogP contribution in [0.5, 0.6) is 11.5 Å². The summed E-state index contributed by atoms with van der Waals surface area (Å²) in [7, 11) is 1.57.